The van der Waals surface area contributed by atoms with Crippen LogP contribution in [0, 0.1) is 0 Å². The van der Waals surface area contributed by atoms with E-state index in [1.165, 1.54) is 7.11 Å². The molecule has 0 bridgehead atoms. The number of fused-ring (bicyclic) bond motifs is 1. The van der Waals surface area contributed by atoms with Crippen LogP contribution in [0.5, 0.6) is 0 Å². The van der Waals surface area contributed by atoms with Crippen LogP contribution in [0.1, 0.15) is 10.4 Å². The van der Waals surface area contributed by atoms with E-state index in [1.807, 2.05) is 0 Å². The number of methoxy groups -OCH3 is 1. The van der Waals surface area contributed by atoms with Gasteiger partial charge in [0, 0.05) is 11.1 Å². The molecule has 1 aromatic heterocycles. The van der Waals surface area contributed by atoms with Crippen LogP contribution in [-0.2, 0) is 4.74 Å². The third-order valence-corrected chi connectivity index (χ3v) is 4.08. The van der Waals surface area contributed by atoms with Crippen molar-refractivity contribution in [2.75, 3.05) is 12.8 Å². The predicted octanol–water partition coefficient (Wildman–Crippen LogP) is 2.20. The van der Waals surface area contributed by atoms with Gasteiger partial charge in [-0.25, -0.2) is 9.25 Å². The van der Waals surface area contributed by atoms with E-state index in [0.717, 1.165) is 10.9 Å². The molecule has 1 aromatic carbocycles. The van der Waals surface area contributed by atoms with Gasteiger partial charge >= 0.3 is 5.97 Å². The number of aromatic nitrogens is 2. The van der Waals surface area contributed by atoms with Crippen LogP contribution in [0.2, 0.25) is 0 Å². The van der Waals surface area contributed by atoms with Gasteiger partial charge in [-0.3, -0.25) is 0 Å². The van der Waals surface area contributed by atoms with E-state index in [0.29, 0.717) is 17.6 Å². The SMILES string of the molecule is COC(=O)c1cc(N)cc2c1cnn2PI. The summed E-state index contributed by atoms with van der Waals surface area (Å²) in [5.41, 5.74) is 7.60. The molecule has 2 rings (SSSR count). The molecule has 1 unspecified atom stereocenters. The van der Waals surface area contributed by atoms with Crippen molar-refractivity contribution in [3.63, 3.8) is 0 Å². The molecule has 1 atom stereocenters. The number of rotatable bonds is 2. The highest BCUT2D eigenvalue weighted by molar-refractivity contribution is 14.2. The van der Waals surface area contributed by atoms with E-state index in [9.17, 15) is 4.79 Å². The van der Waals surface area contributed by atoms with E-state index in [2.05, 4.69) is 27.1 Å². The van der Waals surface area contributed by atoms with Crippen LogP contribution < -0.4 is 5.73 Å². The monoisotopic (exact) mass is 349 g/mol. The van der Waals surface area contributed by atoms with Crippen molar-refractivity contribution in [2.24, 2.45) is 0 Å². The van der Waals surface area contributed by atoms with E-state index in [4.69, 9.17) is 10.5 Å². The summed E-state index contributed by atoms with van der Waals surface area (Å²) in [6.07, 6.45) is 2.12. The van der Waals surface area contributed by atoms with Crippen molar-refractivity contribution < 1.29 is 9.53 Å². The first-order valence-electron chi connectivity index (χ1n) is 4.39. The number of hydrogen-bond acceptors (Lipinski definition) is 4. The van der Waals surface area contributed by atoms with E-state index in [-0.39, 0.29) is 0 Å². The fraction of sp³-hybridized carbons (Fsp3) is 0.111. The fourth-order valence-electron chi connectivity index (χ4n) is 1.49. The van der Waals surface area contributed by atoms with Crippen LogP contribution >= 0.6 is 28.4 Å². The third kappa shape index (κ3) is 1.87. The van der Waals surface area contributed by atoms with Crippen LogP contribution in [-0.4, -0.2) is 22.6 Å². The zero-order valence-corrected chi connectivity index (χ0v) is 11.6. The molecule has 2 N–H and O–H groups in total. The minimum atomic E-state index is -0.395. The molecule has 0 aliphatic heterocycles. The Kier molecular flexibility index (Phi) is 3.30. The second-order valence-electron chi connectivity index (χ2n) is 3.13. The number of nitrogens with two attached hydrogens (primary N) is 1. The van der Waals surface area contributed by atoms with Gasteiger partial charge in [-0.15, -0.1) is 0 Å². The first-order valence-corrected chi connectivity index (χ1v) is 8.45. The van der Waals surface area contributed by atoms with Crippen LogP contribution in [0.15, 0.2) is 18.3 Å². The molecule has 5 nitrogen and oxygen atoms in total. The lowest BCUT2D eigenvalue weighted by molar-refractivity contribution is 0.0603. The zero-order chi connectivity index (χ0) is 11.7. The Hall–Kier alpha value is -0.880. The lowest BCUT2D eigenvalue weighted by Crippen LogP contribution is -2.03. The van der Waals surface area contributed by atoms with Crippen molar-refractivity contribution >= 4 is 51.0 Å². The predicted molar refractivity (Wildman–Crippen MR) is 73.2 cm³/mol. The molecule has 2 aromatic rings. The summed E-state index contributed by atoms with van der Waals surface area (Å²) in [7, 11) is 1.35. The van der Waals surface area contributed by atoms with Gasteiger partial charge in [0.1, 0.15) is 0 Å². The number of anilines is 1. The molecule has 0 saturated carbocycles. The number of nitrogens with zero attached hydrogens (tertiary/aromatic N) is 2. The van der Waals surface area contributed by atoms with Crippen molar-refractivity contribution in [3.8, 4) is 0 Å². The minimum Gasteiger partial charge on any atom is -0.465 e. The maximum absolute atomic E-state index is 11.6. The highest BCUT2D eigenvalue weighted by atomic mass is 127. The number of carbonyl (C=O) groups excluding carboxylic acids is 1. The molecule has 16 heavy (non-hydrogen) atoms. The Morgan fingerprint density at radius 3 is 3.00 bits per heavy atom. The highest BCUT2D eigenvalue weighted by Crippen LogP contribution is 2.31. The van der Waals surface area contributed by atoms with Gasteiger partial charge in [0.2, 0.25) is 0 Å². The maximum atomic E-state index is 11.6. The topological polar surface area (TPSA) is 70.1 Å². The summed E-state index contributed by atoms with van der Waals surface area (Å²) in [6, 6.07) is 3.41. The average molecular weight is 349 g/mol. The number of benzene rings is 1. The Bertz CT molecular complexity index is 555. The molecule has 0 radical (unpaired) electrons. The molecule has 0 saturated heterocycles. The maximum Gasteiger partial charge on any atom is 0.338 e. The van der Waals surface area contributed by atoms with Crippen molar-refractivity contribution in [1.29, 1.82) is 0 Å². The summed E-state index contributed by atoms with van der Waals surface area (Å²) in [4.78, 5) is 11.6. The molecule has 0 aliphatic carbocycles. The van der Waals surface area contributed by atoms with Crippen LogP contribution in [0.4, 0.5) is 5.69 Å². The fourth-order valence-corrected chi connectivity index (χ4v) is 3.03. The molecular formula is C9H9IN3O2P. The molecule has 0 fully saturated rings. The van der Waals surface area contributed by atoms with Crippen molar-refractivity contribution in [2.45, 2.75) is 0 Å². The minimum absolute atomic E-state index is 0.395. The largest absolute Gasteiger partial charge is 0.465 e. The number of ether oxygens (including phenoxy) is 1. The number of halogens is 1. The number of nitrogen functional groups attached to an aromatic ring is 1. The van der Waals surface area contributed by atoms with Gasteiger partial charge in [0.05, 0.1) is 30.8 Å². The quantitative estimate of drug-likeness (QED) is 0.391. The summed E-state index contributed by atoms with van der Waals surface area (Å²) in [6.45, 7) is 0. The Labute approximate surface area is 107 Å². The van der Waals surface area contributed by atoms with E-state index in [1.54, 1.807) is 22.8 Å². The third-order valence-electron chi connectivity index (χ3n) is 2.20. The normalized spacial score (nSPS) is 11.4. The van der Waals surface area contributed by atoms with Crippen molar-refractivity contribution in [3.05, 3.63) is 23.9 Å². The van der Waals surface area contributed by atoms with Gasteiger partial charge < -0.3 is 10.5 Å². The molecule has 0 spiro atoms. The summed E-state index contributed by atoms with van der Waals surface area (Å²) in [5, 5.41) is 4.96. The number of esters is 1. The van der Waals surface area contributed by atoms with Gasteiger partial charge in [-0.05, 0) is 34.2 Å². The first kappa shape index (κ1) is 11.6. The first-order chi connectivity index (χ1) is 7.67. The van der Waals surface area contributed by atoms with Gasteiger partial charge in [0.15, 0.2) is 0 Å². The smallest absolute Gasteiger partial charge is 0.338 e. The lowest BCUT2D eigenvalue weighted by Gasteiger charge is -2.04. The summed E-state index contributed by atoms with van der Waals surface area (Å²) < 4.78 is 6.52. The van der Waals surface area contributed by atoms with Gasteiger partial charge in [-0.1, -0.05) is 0 Å². The summed E-state index contributed by atoms with van der Waals surface area (Å²) in [5.74, 6) is -0.395. The molecule has 0 aliphatic rings. The number of carbonyl (C=O) groups is 1. The molecular weight excluding hydrogens is 340 g/mol. The summed E-state index contributed by atoms with van der Waals surface area (Å²) >= 11 is 2.22. The van der Waals surface area contributed by atoms with Crippen molar-refractivity contribution in [1.82, 2.24) is 9.55 Å². The Morgan fingerprint density at radius 2 is 2.38 bits per heavy atom. The van der Waals surface area contributed by atoms with E-state index < -0.39 is 5.97 Å². The molecule has 7 heteroatoms. The van der Waals surface area contributed by atoms with Gasteiger partial charge in [-0.2, -0.15) is 5.10 Å². The molecule has 0 amide bonds. The second-order valence-corrected chi connectivity index (χ2v) is 5.17. The lowest BCUT2D eigenvalue weighted by atomic mass is 10.1. The standard InChI is InChI=1S/C9H9IN3O2P/c1-15-9(14)6-2-5(11)3-8-7(6)4-12-13(8)16-10/h2-4,16H,11H2,1H3. The Morgan fingerprint density at radius 1 is 1.62 bits per heavy atom. The second kappa shape index (κ2) is 4.55. The van der Waals surface area contributed by atoms with Crippen LogP contribution in [0.3, 0.4) is 0 Å². The average Bonchev–Trinajstić information content (AvgIpc) is 2.69. The molecule has 84 valence electrons. The zero-order valence-electron chi connectivity index (χ0n) is 8.40. The number of hydrogen-bond donors (Lipinski definition) is 1. The van der Waals surface area contributed by atoms with E-state index >= 15 is 0 Å². The van der Waals surface area contributed by atoms with Gasteiger partial charge in [0.25, 0.3) is 0 Å². The highest BCUT2D eigenvalue weighted by Gasteiger charge is 2.14. The Balaban J connectivity index is 2.74. The van der Waals surface area contributed by atoms with Crippen LogP contribution in [0.25, 0.3) is 10.9 Å². The molecule has 1 heterocycles.